The van der Waals surface area contributed by atoms with Crippen molar-refractivity contribution in [1.29, 1.82) is 0 Å². The van der Waals surface area contributed by atoms with Gasteiger partial charge in [0.05, 0.1) is 4.91 Å². The molecule has 0 spiro atoms. The number of carbonyl (C=O) groups excluding carboxylic acids is 2. The molecular weight excluding hydrogens is 380 g/mol. The van der Waals surface area contributed by atoms with Crippen molar-refractivity contribution in [2.24, 2.45) is 0 Å². The van der Waals surface area contributed by atoms with Gasteiger partial charge < -0.3 is 10.4 Å². The highest BCUT2D eigenvalue weighted by atomic mass is 32.2. The molecule has 2 aromatic carbocycles. The van der Waals surface area contributed by atoms with E-state index in [0.29, 0.717) is 14.9 Å². The minimum Gasteiger partial charge on any atom is -0.508 e. The van der Waals surface area contributed by atoms with Gasteiger partial charge in [0.1, 0.15) is 10.1 Å². The Kier molecular flexibility index (Phi) is 5.93. The SMILES string of the molecule is Cc1ccccc1/C=C1\SC(=S)N(CCC(=O)Nc2ccc(O)cc2)C1=O. The number of amides is 2. The van der Waals surface area contributed by atoms with E-state index >= 15 is 0 Å². The van der Waals surface area contributed by atoms with Gasteiger partial charge in [0, 0.05) is 18.7 Å². The number of thioether (sulfide) groups is 1. The van der Waals surface area contributed by atoms with Crippen LogP contribution in [0.5, 0.6) is 5.75 Å². The number of aromatic hydroxyl groups is 1. The first-order valence-corrected chi connectivity index (χ1v) is 9.56. The van der Waals surface area contributed by atoms with E-state index in [1.807, 2.05) is 37.3 Å². The Bertz CT molecular complexity index is 923. The van der Waals surface area contributed by atoms with Gasteiger partial charge in [-0.25, -0.2) is 0 Å². The molecule has 0 atom stereocenters. The van der Waals surface area contributed by atoms with Crippen molar-refractivity contribution in [3.63, 3.8) is 0 Å². The van der Waals surface area contributed by atoms with Crippen LogP contribution >= 0.6 is 24.0 Å². The second-order valence-corrected chi connectivity index (χ2v) is 7.71. The summed E-state index contributed by atoms with van der Waals surface area (Å²) in [7, 11) is 0. The quantitative estimate of drug-likeness (QED) is 0.454. The Morgan fingerprint density at radius 3 is 2.63 bits per heavy atom. The predicted molar refractivity (Wildman–Crippen MR) is 112 cm³/mol. The number of nitrogens with zero attached hydrogens (tertiary/aromatic N) is 1. The second kappa shape index (κ2) is 8.37. The Balaban J connectivity index is 1.61. The number of hydrogen-bond donors (Lipinski definition) is 2. The molecule has 1 fully saturated rings. The summed E-state index contributed by atoms with van der Waals surface area (Å²) in [6.07, 6.45) is 1.97. The number of benzene rings is 2. The fourth-order valence-corrected chi connectivity index (χ4v) is 3.86. The number of aryl methyl sites for hydroxylation is 1. The van der Waals surface area contributed by atoms with Crippen molar-refractivity contribution in [1.82, 2.24) is 4.90 Å². The van der Waals surface area contributed by atoms with Crippen molar-refractivity contribution in [2.45, 2.75) is 13.3 Å². The van der Waals surface area contributed by atoms with Crippen molar-refractivity contribution >= 4 is 51.9 Å². The molecule has 2 amide bonds. The number of nitrogens with one attached hydrogen (secondary N) is 1. The molecule has 0 radical (unpaired) electrons. The molecule has 1 saturated heterocycles. The lowest BCUT2D eigenvalue weighted by Gasteiger charge is -2.14. The maximum absolute atomic E-state index is 12.6. The number of rotatable bonds is 5. The van der Waals surface area contributed by atoms with E-state index in [4.69, 9.17) is 12.2 Å². The van der Waals surface area contributed by atoms with E-state index in [9.17, 15) is 14.7 Å². The summed E-state index contributed by atoms with van der Waals surface area (Å²) in [4.78, 5) is 26.8. The summed E-state index contributed by atoms with van der Waals surface area (Å²) < 4.78 is 0.456. The van der Waals surface area contributed by atoms with Crippen LogP contribution in [0.2, 0.25) is 0 Å². The van der Waals surface area contributed by atoms with Crippen molar-refractivity contribution in [3.8, 4) is 5.75 Å². The van der Waals surface area contributed by atoms with E-state index in [0.717, 1.165) is 11.1 Å². The van der Waals surface area contributed by atoms with Crippen LogP contribution in [0, 0.1) is 6.92 Å². The van der Waals surface area contributed by atoms with E-state index in [-0.39, 0.29) is 30.5 Å². The zero-order chi connectivity index (χ0) is 19.4. The van der Waals surface area contributed by atoms with Gasteiger partial charge >= 0.3 is 0 Å². The zero-order valence-corrected chi connectivity index (χ0v) is 16.3. The second-order valence-electron chi connectivity index (χ2n) is 6.03. The molecule has 1 aliphatic heterocycles. The van der Waals surface area contributed by atoms with Gasteiger partial charge in [-0.3, -0.25) is 14.5 Å². The fraction of sp³-hybridized carbons (Fsp3) is 0.150. The lowest BCUT2D eigenvalue weighted by Crippen LogP contribution is -2.31. The van der Waals surface area contributed by atoms with Crippen LogP contribution in [0.15, 0.2) is 53.4 Å². The highest BCUT2D eigenvalue weighted by molar-refractivity contribution is 8.26. The molecule has 1 aliphatic rings. The molecule has 0 aliphatic carbocycles. The molecule has 0 aromatic heterocycles. The van der Waals surface area contributed by atoms with Crippen LogP contribution in [0.1, 0.15) is 17.5 Å². The van der Waals surface area contributed by atoms with E-state index < -0.39 is 0 Å². The zero-order valence-electron chi connectivity index (χ0n) is 14.6. The first kappa shape index (κ1) is 19.1. The standard InChI is InChI=1S/C20H18N2O3S2/c1-13-4-2-3-5-14(13)12-17-19(25)22(20(26)27-17)11-10-18(24)21-15-6-8-16(23)9-7-15/h2-9,12,23H,10-11H2,1H3,(H,21,24)/b17-12-. The minimum absolute atomic E-state index is 0.130. The number of anilines is 1. The van der Waals surface area contributed by atoms with Gasteiger partial charge in [0.25, 0.3) is 5.91 Å². The summed E-state index contributed by atoms with van der Waals surface area (Å²) in [5.74, 6) is -0.269. The summed E-state index contributed by atoms with van der Waals surface area (Å²) in [6, 6.07) is 14.0. The largest absolute Gasteiger partial charge is 0.508 e. The Hall–Kier alpha value is -2.64. The third-order valence-corrected chi connectivity index (χ3v) is 5.44. The fourth-order valence-electron chi connectivity index (χ4n) is 2.56. The number of phenols is 1. The normalized spacial score (nSPS) is 15.4. The molecule has 27 heavy (non-hydrogen) atoms. The van der Waals surface area contributed by atoms with E-state index in [2.05, 4.69) is 5.32 Å². The summed E-state index contributed by atoms with van der Waals surface area (Å²) in [6.45, 7) is 2.21. The van der Waals surface area contributed by atoms with Crippen LogP contribution < -0.4 is 5.32 Å². The molecule has 2 N–H and O–H groups in total. The third kappa shape index (κ3) is 4.75. The lowest BCUT2D eigenvalue weighted by molar-refractivity contribution is -0.122. The average Bonchev–Trinajstić information content (AvgIpc) is 2.90. The van der Waals surface area contributed by atoms with Gasteiger partial charge in [0.15, 0.2) is 0 Å². The van der Waals surface area contributed by atoms with Gasteiger partial charge in [-0.1, -0.05) is 48.2 Å². The monoisotopic (exact) mass is 398 g/mol. The average molecular weight is 399 g/mol. The molecule has 7 heteroatoms. The van der Waals surface area contributed by atoms with Crippen molar-refractivity contribution < 1.29 is 14.7 Å². The molecule has 138 valence electrons. The van der Waals surface area contributed by atoms with E-state index in [1.54, 1.807) is 12.1 Å². The predicted octanol–water partition coefficient (Wildman–Crippen LogP) is 3.93. The summed E-state index contributed by atoms with van der Waals surface area (Å²) in [5, 5.41) is 12.0. The summed E-state index contributed by atoms with van der Waals surface area (Å²) >= 11 is 6.56. The van der Waals surface area contributed by atoms with E-state index in [1.165, 1.54) is 28.8 Å². The number of phenolic OH excluding ortho intramolecular Hbond substituents is 1. The molecule has 2 aromatic rings. The van der Waals surface area contributed by atoms with Gasteiger partial charge in [-0.05, 0) is 48.4 Å². The minimum atomic E-state index is -0.224. The van der Waals surface area contributed by atoms with Crippen molar-refractivity contribution in [3.05, 3.63) is 64.6 Å². The molecule has 3 rings (SSSR count). The van der Waals surface area contributed by atoms with Crippen LogP contribution in [0.4, 0.5) is 5.69 Å². The molecule has 0 saturated carbocycles. The maximum Gasteiger partial charge on any atom is 0.266 e. The van der Waals surface area contributed by atoms with Gasteiger partial charge in [-0.15, -0.1) is 0 Å². The molecule has 0 bridgehead atoms. The topological polar surface area (TPSA) is 69.6 Å². The smallest absolute Gasteiger partial charge is 0.266 e. The Labute approximate surface area is 167 Å². The van der Waals surface area contributed by atoms with Crippen molar-refractivity contribution in [2.75, 3.05) is 11.9 Å². The molecular formula is C20H18N2O3S2. The molecule has 1 heterocycles. The van der Waals surface area contributed by atoms with Gasteiger partial charge in [0.2, 0.25) is 5.91 Å². The molecule has 0 unspecified atom stereocenters. The van der Waals surface area contributed by atoms with Crippen LogP contribution in [-0.4, -0.2) is 32.7 Å². The number of thiocarbonyl (C=S) groups is 1. The number of hydrogen-bond acceptors (Lipinski definition) is 5. The Morgan fingerprint density at radius 2 is 1.93 bits per heavy atom. The highest BCUT2D eigenvalue weighted by Crippen LogP contribution is 2.33. The Morgan fingerprint density at radius 1 is 1.22 bits per heavy atom. The van der Waals surface area contributed by atoms with Crippen LogP contribution in [0.25, 0.3) is 6.08 Å². The summed E-state index contributed by atoms with van der Waals surface area (Å²) in [5.41, 5.74) is 2.64. The lowest BCUT2D eigenvalue weighted by atomic mass is 10.1. The van der Waals surface area contributed by atoms with Gasteiger partial charge in [-0.2, -0.15) is 0 Å². The first-order chi connectivity index (χ1) is 12.9. The molecule has 5 nitrogen and oxygen atoms in total. The van der Waals surface area contributed by atoms with Crippen LogP contribution in [-0.2, 0) is 9.59 Å². The number of carbonyl (C=O) groups is 2. The highest BCUT2D eigenvalue weighted by Gasteiger charge is 2.32. The first-order valence-electron chi connectivity index (χ1n) is 8.34. The maximum atomic E-state index is 12.6. The van der Waals surface area contributed by atoms with Crippen LogP contribution in [0.3, 0.4) is 0 Å². The third-order valence-electron chi connectivity index (χ3n) is 4.06.